The van der Waals surface area contributed by atoms with E-state index in [1.165, 1.54) is 11.1 Å². The molecular formula is C29H33N5O3. The molecule has 2 heterocycles. The maximum atomic E-state index is 10.0. The van der Waals surface area contributed by atoms with Crippen molar-refractivity contribution in [3.63, 3.8) is 0 Å². The van der Waals surface area contributed by atoms with Crippen LogP contribution in [-0.4, -0.2) is 48.9 Å². The summed E-state index contributed by atoms with van der Waals surface area (Å²) in [5.74, 6) is 8.16. The highest BCUT2D eigenvalue weighted by Crippen LogP contribution is 2.51. The summed E-state index contributed by atoms with van der Waals surface area (Å²) in [5.41, 5.74) is 11.4. The predicted molar refractivity (Wildman–Crippen MR) is 144 cm³/mol. The first kappa shape index (κ1) is 24.9. The molecule has 192 valence electrons. The van der Waals surface area contributed by atoms with E-state index >= 15 is 0 Å². The van der Waals surface area contributed by atoms with Crippen LogP contribution >= 0.6 is 0 Å². The number of aliphatic hydroxyl groups excluding tert-OH is 1. The van der Waals surface area contributed by atoms with Crippen LogP contribution in [0.5, 0.6) is 11.5 Å². The second-order valence-electron chi connectivity index (χ2n) is 9.61. The minimum absolute atomic E-state index is 0.0690. The molecule has 0 unspecified atom stereocenters. The van der Waals surface area contributed by atoms with Gasteiger partial charge in [0.05, 0.1) is 33.6 Å². The SMILES string of the molecule is COc1ccc(NCC#Cc2cnc(N3CCC4(CC3)Cc3ccccc3[C@H]4N)c(CO)n2)cc1OC. The minimum Gasteiger partial charge on any atom is -0.493 e. The van der Waals surface area contributed by atoms with Gasteiger partial charge < -0.3 is 30.5 Å². The van der Waals surface area contributed by atoms with Gasteiger partial charge >= 0.3 is 0 Å². The highest BCUT2D eigenvalue weighted by Gasteiger charge is 2.46. The molecule has 37 heavy (non-hydrogen) atoms. The Kier molecular flexibility index (Phi) is 7.17. The number of aromatic nitrogens is 2. The molecule has 5 rings (SSSR count). The van der Waals surface area contributed by atoms with E-state index in [0.29, 0.717) is 29.4 Å². The van der Waals surface area contributed by atoms with E-state index in [2.05, 4.69) is 56.3 Å². The lowest BCUT2D eigenvalue weighted by Crippen LogP contribution is -2.45. The molecule has 8 heteroatoms. The van der Waals surface area contributed by atoms with Crippen molar-refractivity contribution in [2.75, 3.05) is 44.1 Å². The lowest BCUT2D eigenvalue weighted by atomic mass is 9.73. The second kappa shape index (κ2) is 10.7. The fourth-order valence-corrected chi connectivity index (χ4v) is 5.55. The Balaban J connectivity index is 1.21. The van der Waals surface area contributed by atoms with Crippen LogP contribution in [0.4, 0.5) is 11.5 Å². The number of benzene rings is 2. The van der Waals surface area contributed by atoms with Gasteiger partial charge in [-0.3, -0.25) is 0 Å². The van der Waals surface area contributed by atoms with Gasteiger partial charge in [0.15, 0.2) is 17.3 Å². The zero-order valence-corrected chi connectivity index (χ0v) is 21.3. The molecule has 1 aliphatic heterocycles. The molecule has 2 aromatic carbocycles. The molecule has 1 aromatic heterocycles. The van der Waals surface area contributed by atoms with Gasteiger partial charge in [0.25, 0.3) is 0 Å². The van der Waals surface area contributed by atoms with Crippen LogP contribution in [0.25, 0.3) is 0 Å². The Morgan fingerprint density at radius 3 is 2.65 bits per heavy atom. The fourth-order valence-electron chi connectivity index (χ4n) is 5.55. The Labute approximate surface area is 217 Å². The van der Waals surface area contributed by atoms with Crippen LogP contribution in [0.15, 0.2) is 48.7 Å². The van der Waals surface area contributed by atoms with Crippen LogP contribution in [-0.2, 0) is 13.0 Å². The Hall–Kier alpha value is -3.80. The summed E-state index contributed by atoms with van der Waals surface area (Å²) < 4.78 is 10.6. The maximum absolute atomic E-state index is 10.0. The number of piperidine rings is 1. The smallest absolute Gasteiger partial charge is 0.162 e. The van der Waals surface area contributed by atoms with Crippen molar-refractivity contribution in [2.24, 2.45) is 11.1 Å². The molecule has 3 aromatic rings. The summed E-state index contributed by atoms with van der Waals surface area (Å²) in [7, 11) is 3.21. The summed E-state index contributed by atoms with van der Waals surface area (Å²) in [6, 6.07) is 14.2. The molecule has 1 atom stereocenters. The van der Waals surface area contributed by atoms with Gasteiger partial charge in [-0.1, -0.05) is 30.2 Å². The number of anilines is 2. The molecule has 0 amide bonds. The summed E-state index contributed by atoms with van der Waals surface area (Å²) in [6.45, 7) is 1.91. The first-order valence-corrected chi connectivity index (χ1v) is 12.6. The van der Waals surface area contributed by atoms with Crippen molar-refractivity contribution < 1.29 is 14.6 Å². The van der Waals surface area contributed by atoms with E-state index in [1.807, 2.05) is 18.2 Å². The summed E-state index contributed by atoms with van der Waals surface area (Å²) in [5, 5.41) is 13.3. The molecule has 1 saturated heterocycles. The van der Waals surface area contributed by atoms with Gasteiger partial charge in [0, 0.05) is 30.9 Å². The van der Waals surface area contributed by atoms with E-state index in [9.17, 15) is 5.11 Å². The number of nitrogens with one attached hydrogen (secondary N) is 1. The van der Waals surface area contributed by atoms with Crippen molar-refractivity contribution in [3.05, 3.63) is 71.2 Å². The summed E-state index contributed by atoms with van der Waals surface area (Å²) >= 11 is 0. The number of hydrogen-bond donors (Lipinski definition) is 3. The number of nitrogens with two attached hydrogens (primary N) is 1. The Bertz CT molecular complexity index is 1320. The quantitative estimate of drug-likeness (QED) is 0.444. The van der Waals surface area contributed by atoms with Crippen LogP contribution in [0.2, 0.25) is 0 Å². The molecular weight excluding hydrogens is 466 g/mol. The number of nitrogens with zero attached hydrogens (tertiary/aromatic N) is 3. The van der Waals surface area contributed by atoms with Crippen LogP contribution in [0, 0.1) is 17.3 Å². The van der Waals surface area contributed by atoms with Gasteiger partial charge in [-0.15, -0.1) is 0 Å². The molecule has 1 aliphatic carbocycles. The zero-order valence-electron chi connectivity index (χ0n) is 21.3. The van der Waals surface area contributed by atoms with Gasteiger partial charge in [0.1, 0.15) is 11.4 Å². The zero-order chi connectivity index (χ0) is 25.8. The average molecular weight is 500 g/mol. The van der Waals surface area contributed by atoms with Crippen LogP contribution in [0.1, 0.15) is 41.4 Å². The Morgan fingerprint density at radius 1 is 1.14 bits per heavy atom. The van der Waals surface area contributed by atoms with Crippen LogP contribution < -0.4 is 25.4 Å². The van der Waals surface area contributed by atoms with Crippen molar-refractivity contribution in [1.82, 2.24) is 9.97 Å². The topological polar surface area (TPSA) is 106 Å². The molecule has 0 bridgehead atoms. The summed E-state index contributed by atoms with van der Waals surface area (Å²) in [6.07, 6.45) is 4.68. The number of rotatable bonds is 6. The third-order valence-corrected chi connectivity index (χ3v) is 7.60. The maximum Gasteiger partial charge on any atom is 0.162 e. The highest BCUT2D eigenvalue weighted by molar-refractivity contribution is 5.55. The predicted octanol–water partition coefficient (Wildman–Crippen LogP) is 3.29. The van der Waals surface area contributed by atoms with Gasteiger partial charge in [0.2, 0.25) is 0 Å². The van der Waals surface area contributed by atoms with E-state index < -0.39 is 0 Å². The van der Waals surface area contributed by atoms with E-state index in [-0.39, 0.29) is 18.1 Å². The van der Waals surface area contributed by atoms with E-state index in [0.717, 1.165) is 43.9 Å². The van der Waals surface area contributed by atoms with Gasteiger partial charge in [-0.2, -0.15) is 0 Å². The largest absolute Gasteiger partial charge is 0.493 e. The first-order valence-electron chi connectivity index (χ1n) is 12.6. The van der Waals surface area contributed by atoms with Gasteiger partial charge in [-0.25, -0.2) is 9.97 Å². The molecule has 0 saturated carbocycles. The third kappa shape index (κ3) is 4.93. The van der Waals surface area contributed by atoms with Crippen molar-refractivity contribution in [1.29, 1.82) is 0 Å². The molecule has 4 N–H and O–H groups in total. The molecule has 1 fully saturated rings. The van der Waals surface area contributed by atoms with Crippen molar-refractivity contribution in [3.8, 4) is 23.3 Å². The fraction of sp³-hybridized carbons (Fsp3) is 0.379. The van der Waals surface area contributed by atoms with Crippen molar-refractivity contribution >= 4 is 11.5 Å². The molecule has 0 radical (unpaired) electrons. The normalized spacial score (nSPS) is 17.6. The van der Waals surface area contributed by atoms with E-state index in [4.69, 9.17) is 15.2 Å². The summed E-state index contributed by atoms with van der Waals surface area (Å²) in [4.78, 5) is 11.4. The molecule has 2 aliphatic rings. The standard InChI is InChI=1S/C29H33N5O3/c1-36-25-10-9-21(16-26(25)37-2)31-13-5-7-22-18-32-28(24(19-35)33-22)34-14-11-29(12-15-34)17-20-6-3-4-8-23(20)27(29)30/h3-4,6,8-10,16,18,27,31,35H,11-15,17,19,30H2,1-2H3/t27-/m1/s1. The Morgan fingerprint density at radius 2 is 1.92 bits per heavy atom. The first-order chi connectivity index (χ1) is 18.1. The van der Waals surface area contributed by atoms with Gasteiger partial charge in [-0.05, 0) is 53.9 Å². The second-order valence-corrected chi connectivity index (χ2v) is 9.61. The average Bonchev–Trinajstić information content (AvgIpc) is 3.22. The lowest BCUT2D eigenvalue weighted by Gasteiger charge is -2.42. The third-order valence-electron chi connectivity index (χ3n) is 7.60. The highest BCUT2D eigenvalue weighted by atomic mass is 16.5. The van der Waals surface area contributed by atoms with Crippen molar-refractivity contribution in [2.45, 2.75) is 31.9 Å². The number of hydrogen-bond acceptors (Lipinski definition) is 8. The van der Waals surface area contributed by atoms with E-state index in [1.54, 1.807) is 20.4 Å². The molecule has 8 nitrogen and oxygen atoms in total. The minimum atomic E-state index is -0.186. The monoisotopic (exact) mass is 499 g/mol. The lowest BCUT2D eigenvalue weighted by molar-refractivity contribution is 0.186. The van der Waals surface area contributed by atoms with Crippen LogP contribution in [0.3, 0.4) is 0 Å². The number of fused-ring (bicyclic) bond motifs is 1. The number of ether oxygens (including phenoxy) is 2. The number of methoxy groups -OCH3 is 2. The molecule has 1 spiro atoms. The number of aliphatic hydroxyl groups is 1.